The van der Waals surface area contributed by atoms with E-state index >= 15 is 0 Å². The highest BCUT2D eigenvalue weighted by molar-refractivity contribution is 5.42. The van der Waals surface area contributed by atoms with Crippen LogP contribution < -0.4 is 4.74 Å². The Hall–Kier alpha value is -2.03. The molecule has 0 aliphatic rings. The first-order chi connectivity index (χ1) is 7.66. The van der Waals surface area contributed by atoms with Gasteiger partial charge in [0, 0.05) is 6.07 Å². The van der Waals surface area contributed by atoms with Gasteiger partial charge in [0.2, 0.25) is 5.88 Å². The van der Waals surface area contributed by atoms with Crippen LogP contribution in [0.25, 0.3) is 0 Å². The third-order valence-electron chi connectivity index (χ3n) is 2.34. The number of aromatic nitrogens is 1. The maximum Gasteiger partial charge on any atom is 0.219 e. The Morgan fingerprint density at radius 1 is 1.06 bits per heavy atom. The minimum Gasteiger partial charge on any atom is -0.506 e. The lowest BCUT2D eigenvalue weighted by atomic mass is 10.1. The lowest BCUT2D eigenvalue weighted by Crippen LogP contribution is -1.92. The first-order valence-electron chi connectivity index (χ1n) is 5.06. The van der Waals surface area contributed by atoms with Crippen molar-refractivity contribution in [1.82, 2.24) is 4.98 Å². The molecule has 1 aromatic heterocycles. The summed E-state index contributed by atoms with van der Waals surface area (Å²) in [4.78, 5) is 3.98. The minimum absolute atomic E-state index is 0.133. The molecule has 16 heavy (non-hydrogen) atoms. The van der Waals surface area contributed by atoms with Crippen molar-refractivity contribution in [2.75, 3.05) is 0 Å². The number of hydrogen-bond donors (Lipinski definition) is 1. The summed E-state index contributed by atoms with van der Waals surface area (Å²) in [6.45, 7) is 3.98. The average Bonchev–Trinajstić information content (AvgIpc) is 2.26. The molecule has 0 unspecified atom stereocenters. The molecule has 2 aromatic rings. The molecule has 0 radical (unpaired) electrons. The summed E-state index contributed by atoms with van der Waals surface area (Å²) in [5.74, 6) is 1.43. The van der Waals surface area contributed by atoms with Crippen LogP contribution in [0.2, 0.25) is 0 Å². The van der Waals surface area contributed by atoms with Crippen molar-refractivity contribution < 1.29 is 9.84 Å². The maximum atomic E-state index is 9.11. The molecule has 1 N–H and O–H groups in total. The SMILES string of the molecule is Cc1cccc(C)c1Oc1ccc(O)cn1. The summed E-state index contributed by atoms with van der Waals surface area (Å²) < 4.78 is 5.67. The van der Waals surface area contributed by atoms with E-state index in [2.05, 4.69) is 4.98 Å². The molecule has 0 saturated heterocycles. The molecule has 0 bridgehead atoms. The van der Waals surface area contributed by atoms with Gasteiger partial charge >= 0.3 is 0 Å². The molecule has 0 spiro atoms. The molecule has 0 aliphatic carbocycles. The first-order valence-corrected chi connectivity index (χ1v) is 5.06. The Balaban J connectivity index is 2.30. The molecule has 1 heterocycles. The molecule has 0 saturated carbocycles. The van der Waals surface area contributed by atoms with Crippen molar-refractivity contribution in [3.8, 4) is 17.4 Å². The topological polar surface area (TPSA) is 42.4 Å². The van der Waals surface area contributed by atoms with Crippen molar-refractivity contribution in [3.63, 3.8) is 0 Å². The third-order valence-corrected chi connectivity index (χ3v) is 2.34. The molecule has 0 amide bonds. The van der Waals surface area contributed by atoms with Gasteiger partial charge in [0.1, 0.15) is 11.5 Å². The van der Waals surface area contributed by atoms with E-state index < -0.39 is 0 Å². The van der Waals surface area contributed by atoms with Gasteiger partial charge < -0.3 is 9.84 Å². The van der Waals surface area contributed by atoms with Crippen LogP contribution in [0, 0.1) is 13.8 Å². The number of nitrogens with zero attached hydrogens (tertiary/aromatic N) is 1. The van der Waals surface area contributed by atoms with Crippen molar-refractivity contribution in [3.05, 3.63) is 47.7 Å². The van der Waals surface area contributed by atoms with Gasteiger partial charge in [-0.15, -0.1) is 0 Å². The fraction of sp³-hybridized carbons (Fsp3) is 0.154. The van der Waals surface area contributed by atoms with Crippen molar-refractivity contribution in [2.24, 2.45) is 0 Å². The van der Waals surface area contributed by atoms with Gasteiger partial charge in [0.15, 0.2) is 0 Å². The van der Waals surface area contributed by atoms with Crippen LogP contribution in [0.4, 0.5) is 0 Å². The Morgan fingerprint density at radius 3 is 2.31 bits per heavy atom. The molecule has 3 heteroatoms. The number of benzene rings is 1. The Bertz CT molecular complexity index is 472. The number of rotatable bonds is 2. The van der Waals surface area contributed by atoms with E-state index in [0.717, 1.165) is 16.9 Å². The number of pyridine rings is 1. The van der Waals surface area contributed by atoms with Crippen LogP contribution in [0.15, 0.2) is 36.5 Å². The van der Waals surface area contributed by atoms with Crippen LogP contribution >= 0.6 is 0 Å². The standard InChI is InChI=1S/C13H13NO2/c1-9-4-3-5-10(2)13(9)16-12-7-6-11(15)8-14-12/h3-8,15H,1-2H3. The van der Waals surface area contributed by atoms with E-state index in [0.29, 0.717) is 5.88 Å². The summed E-state index contributed by atoms with van der Waals surface area (Å²) in [5.41, 5.74) is 2.13. The second-order valence-corrected chi connectivity index (χ2v) is 3.68. The monoisotopic (exact) mass is 215 g/mol. The zero-order valence-electron chi connectivity index (χ0n) is 9.27. The van der Waals surface area contributed by atoms with E-state index in [4.69, 9.17) is 9.84 Å². The second kappa shape index (κ2) is 4.23. The highest BCUT2D eigenvalue weighted by Crippen LogP contribution is 2.27. The smallest absolute Gasteiger partial charge is 0.219 e. The van der Waals surface area contributed by atoms with Crippen LogP contribution in [-0.4, -0.2) is 10.1 Å². The van der Waals surface area contributed by atoms with E-state index in [1.807, 2.05) is 32.0 Å². The largest absolute Gasteiger partial charge is 0.506 e. The normalized spacial score (nSPS) is 10.1. The average molecular weight is 215 g/mol. The summed E-state index contributed by atoms with van der Waals surface area (Å²) >= 11 is 0. The summed E-state index contributed by atoms with van der Waals surface area (Å²) in [7, 11) is 0. The predicted molar refractivity (Wildman–Crippen MR) is 61.9 cm³/mol. The summed E-state index contributed by atoms with van der Waals surface area (Å²) in [5, 5.41) is 9.11. The first kappa shape index (κ1) is 10.5. The maximum absolute atomic E-state index is 9.11. The molecular weight excluding hydrogens is 202 g/mol. The van der Waals surface area contributed by atoms with Crippen LogP contribution in [0.1, 0.15) is 11.1 Å². The quantitative estimate of drug-likeness (QED) is 0.836. The molecule has 0 atom stereocenters. The Kier molecular flexibility index (Phi) is 2.77. The molecule has 1 aromatic carbocycles. The molecule has 3 nitrogen and oxygen atoms in total. The number of aryl methyl sites for hydroxylation is 2. The van der Waals surface area contributed by atoms with E-state index in [1.165, 1.54) is 6.20 Å². The number of hydrogen-bond acceptors (Lipinski definition) is 3. The summed E-state index contributed by atoms with van der Waals surface area (Å²) in [6, 6.07) is 9.16. The number of para-hydroxylation sites is 1. The molecule has 82 valence electrons. The molecule has 2 rings (SSSR count). The van der Waals surface area contributed by atoms with Gasteiger partial charge in [0.25, 0.3) is 0 Å². The van der Waals surface area contributed by atoms with Crippen molar-refractivity contribution >= 4 is 0 Å². The van der Waals surface area contributed by atoms with Crippen LogP contribution in [0.5, 0.6) is 17.4 Å². The fourth-order valence-electron chi connectivity index (χ4n) is 1.50. The zero-order chi connectivity index (χ0) is 11.5. The van der Waals surface area contributed by atoms with Crippen molar-refractivity contribution in [2.45, 2.75) is 13.8 Å². The van der Waals surface area contributed by atoms with Gasteiger partial charge in [-0.2, -0.15) is 0 Å². The predicted octanol–water partition coefficient (Wildman–Crippen LogP) is 3.20. The van der Waals surface area contributed by atoms with Gasteiger partial charge in [-0.1, -0.05) is 18.2 Å². The van der Waals surface area contributed by atoms with Gasteiger partial charge in [-0.3, -0.25) is 0 Å². The Morgan fingerprint density at radius 2 is 1.75 bits per heavy atom. The third kappa shape index (κ3) is 2.14. The van der Waals surface area contributed by atoms with Crippen LogP contribution in [-0.2, 0) is 0 Å². The Labute approximate surface area is 94.3 Å². The summed E-state index contributed by atoms with van der Waals surface area (Å²) in [6.07, 6.45) is 1.36. The lowest BCUT2D eigenvalue weighted by molar-refractivity contribution is 0.443. The van der Waals surface area contributed by atoms with E-state index in [9.17, 15) is 0 Å². The van der Waals surface area contributed by atoms with E-state index in [-0.39, 0.29) is 5.75 Å². The highest BCUT2D eigenvalue weighted by Gasteiger charge is 2.05. The zero-order valence-corrected chi connectivity index (χ0v) is 9.27. The minimum atomic E-state index is 0.133. The van der Waals surface area contributed by atoms with E-state index in [1.54, 1.807) is 12.1 Å². The van der Waals surface area contributed by atoms with Gasteiger partial charge in [-0.25, -0.2) is 4.98 Å². The fourth-order valence-corrected chi connectivity index (χ4v) is 1.50. The molecular formula is C13H13NO2. The molecule has 0 fully saturated rings. The number of ether oxygens (including phenoxy) is 1. The highest BCUT2D eigenvalue weighted by atomic mass is 16.5. The number of aromatic hydroxyl groups is 1. The molecule has 0 aliphatic heterocycles. The van der Waals surface area contributed by atoms with Crippen LogP contribution in [0.3, 0.4) is 0 Å². The second-order valence-electron chi connectivity index (χ2n) is 3.68. The van der Waals surface area contributed by atoms with Gasteiger partial charge in [0.05, 0.1) is 6.20 Å². The van der Waals surface area contributed by atoms with Gasteiger partial charge in [-0.05, 0) is 31.0 Å². The van der Waals surface area contributed by atoms with Crippen molar-refractivity contribution in [1.29, 1.82) is 0 Å². The lowest BCUT2D eigenvalue weighted by Gasteiger charge is -2.10.